The summed E-state index contributed by atoms with van der Waals surface area (Å²) in [5, 5.41) is 4.62. The predicted octanol–water partition coefficient (Wildman–Crippen LogP) is 17.1. The molecule has 63 heavy (non-hydrogen) atoms. The molecule has 1 saturated carbocycles. The fraction of sp³-hybridized carbons (Fsp3) is 0.148. The molecule has 2 heteroatoms. The molecule has 3 aliphatic rings. The Morgan fingerprint density at radius 3 is 1.94 bits per heavy atom. The number of furan rings is 1. The van der Waals surface area contributed by atoms with E-state index in [0.29, 0.717) is 0 Å². The molecule has 0 N–H and O–H groups in total. The average molecular weight is 810 g/mol. The molecule has 302 valence electrons. The third-order valence-electron chi connectivity index (χ3n) is 15.0. The second-order valence-electron chi connectivity index (χ2n) is 18.7. The van der Waals surface area contributed by atoms with Crippen LogP contribution < -0.4 is 4.90 Å². The normalized spacial score (nSPS) is 15.4. The van der Waals surface area contributed by atoms with Crippen molar-refractivity contribution < 1.29 is 4.42 Å². The van der Waals surface area contributed by atoms with E-state index in [4.69, 9.17) is 4.42 Å². The van der Waals surface area contributed by atoms with Gasteiger partial charge in [0.2, 0.25) is 0 Å². The fourth-order valence-electron chi connectivity index (χ4n) is 12.3. The monoisotopic (exact) mass is 809 g/mol. The SMILES string of the molecule is CC1(C)c2ccccc2-c2cccc(-c3ccccc3N(c3cccc(-c4cccc5oc6c7ccccc7ccc6c45)c3)c3ccc4c(c3)C3(CCCCC3)c3ccccc3-4)c21. The maximum absolute atomic E-state index is 6.70. The molecule has 0 unspecified atom stereocenters. The van der Waals surface area contributed by atoms with Crippen LogP contribution in [0.5, 0.6) is 0 Å². The lowest BCUT2D eigenvalue weighted by molar-refractivity contribution is 0.353. The van der Waals surface area contributed by atoms with E-state index in [2.05, 4.69) is 207 Å². The Bertz CT molecular complexity index is 3490. The molecule has 0 bridgehead atoms. The summed E-state index contributed by atoms with van der Waals surface area (Å²) in [6, 6.07) is 70.3. The zero-order valence-corrected chi connectivity index (χ0v) is 35.8. The van der Waals surface area contributed by atoms with E-state index in [1.165, 1.54) is 110 Å². The quantitative estimate of drug-likeness (QED) is 0.172. The van der Waals surface area contributed by atoms with Crippen molar-refractivity contribution in [2.24, 2.45) is 0 Å². The van der Waals surface area contributed by atoms with Gasteiger partial charge in [-0.25, -0.2) is 0 Å². The van der Waals surface area contributed by atoms with Gasteiger partial charge in [-0.2, -0.15) is 0 Å². The largest absolute Gasteiger partial charge is 0.455 e. The van der Waals surface area contributed by atoms with Crippen molar-refractivity contribution in [2.45, 2.75) is 56.8 Å². The van der Waals surface area contributed by atoms with Gasteiger partial charge in [0, 0.05) is 43.9 Å². The van der Waals surface area contributed by atoms with Gasteiger partial charge in [0.15, 0.2) is 0 Å². The lowest BCUT2D eigenvalue weighted by Gasteiger charge is -2.37. The maximum atomic E-state index is 6.70. The molecular formula is C61H47NO. The molecule has 3 aliphatic carbocycles. The van der Waals surface area contributed by atoms with Crippen molar-refractivity contribution in [1.82, 2.24) is 0 Å². The van der Waals surface area contributed by atoms with Gasteiger partial charge in [0.05, 0.1) is 5.69 Å². The Hall–Kier alpha value is -7.16. The first-order chi connectivity index (χ1) is 31.0. The van der Waals surface area contributed by atoms with Crippen LogP contribution in [0.1, 0.15) is 68.2 Å². The Labute approximate surface area is 369 Å². The summed E-state index contributed by atoms with van der Waals surface area (Å²) in [4.78, 5) is 2.55. The van der Waals surface area contributed by atoms with Gasteiger partial charge in [-0.3, -0.25) is 0 Å². The number of hydrogen-bond donors (Lipinski definition) is 0. The van der Waals surface area contributed by atoms with Crippen molar-refractivity contribution >= 4 is 49.8 Å². The van der Waals surface area contributed by atoms with E-state index in [9.17, 15) is 0 Å². The van der Waals surface area contributed by atoms with E-state index < -0.39 is 0 Å². The number of rotatable bonds is 5. The molecule has 1 aromatic heterocycles. The van der Waals surface area contributed by atoms with Crippen LogP contribution in [0.3, 0.4) is 0 Å². The lowest BCUT2D eigenvalue weighted by Crippen LogP contribution is -2.28. The van der Waals surface area contributed by atoms with Crippen LogP contribution in [0.15, 0.2) is 192 Å². The van der Waals surface area contributed by atoms with Gasteiger partial charge in [0.25, 0.3) is 0 Å². The number of fused-ring (bicyclic) bond motifs is 13. The van der Waals surface area contributed by atoms with E-state index in [1.54, 1.807) is 0 Å². The van der Waals surface area contributed by atoms with Gasteiger partial charge in [0.1, 0.15) is 11.2 Å². The summed E-state index contributed by atoms with van der Waals surface area (Å²) in [6.07, 6.45) is 6.20. The zero-order valence-electron chi connectivity index (χ0n) is 35.8. The van der Waals surface area contributed by atoms with Crippen LogP contribution in [0.2, 0.25) is 0 Å². The predicted molar refractivity (Wildman–Crippen MR) is 264 cm³/mol. The highest BCUT2D eigenvalue weighted by molar-refractivity contribution is 6.19. The molecule has 1 heterocycles. The molecule has 0 saturated heterocycles. The minimum atomic E-state index is -0.162. The van der Waals surface area contributed by atoms with Gasteiger partial charge >= 0.3 is 0 Å². The second-order valence-corrected chi connectivity index (χ2v) is 18.7. The molecule has 0 atom stereocenters. The molecule has 0 radical (unpaired) electrons. The second kappa shape index (κ2) is 13.7. The van der Waals surface area contributed by atoms with Gasteiger partial charge in [-0.1, -0.05) is 179 Å². The Morgan fingerprint density at radius 2 is 1.08 bits per heavy atom. The minimum Gasteiger partial charge on any atom is -0.455 e. The van der Waals surface area contributed by atoms with Gasteiger partial charge in [-0.05, 0) is 122 Å². The molecule has 0 aliphatic heterocycles. The van der Waals surface area contributed by atoms with E-state index in [1.807, 2.05) is 0 Å². The smallest absolute Gasteiger partial charge is 0.143 e. The summed E-state index contributed by atoms with van der Waals surface area (Å²) in [6.45, 7) is 4.80. The summed E-state index contributed by atoms with van der Waals surface area (Å²) in [5.74, 6) is 0. The highest BCUT2D eigenvalue weighted by Gasteiger charge is 2.44. The first kappa shape index (κ1) is 36.5. The Balaban J connectivity index is 1.05. The van der Waals surface area contributed by atoms with Crippen LogP contribution in [-0.2, 0) is 10.8 Å². The molecule has 13 rings (SSSR count). The fourth-order valence-corrected chi connectivity index (χ4v) is 12.3. The first-order valence-corrected chi connectivity index (χ1v) is 22.8. The molecular weight excluding hydrogens is 763 g/mol. The molecule has 9 aromatic carbocycles. The average Bonchev–Trinajstić information content (AvgIpc) is 3.93. The van der Waals surface area contributed by atoms with E-state index in [-0.39, 0.29) is 10.8 Å². The minimum absolute atomic E-state index is 0.0332. The Morgan fingerprint density at radius 1 is 0.444 bits per heavy atom. The highest BCUT2D eigenvalue weighted by atomic mass is 16.3. The first-order valence-electron chi connectivity index (χ1n) is 22.8. The summed E-state index contributed by atoms with van der Waals surface area (Å²) in [7, 11) is 0. The van der Waals surface area contributed by atoms with Crippen LogP contribution in [0.25, 0.3) is 77.2 Å². The number of anilines is 3. The van der Waals surface area contributed by atoms with E-state index >= 15 is 0 Å². The van der Waals surface area contributed by atoms with Crippen LogP contribution in [0, 0.1) is 0 Å². The standard InChI is InChI=1S/C61H47NO/c1-60(2)52-27-9-6-22-46(52)49-25-15-26-50(58(49)60)48-23-8-11-29-55(48)62(42-32-34-47-45-21-7-10-28-53(45)61(54(47)38-42)35-12-3-13-36-61)41-19-14-18-40(37-41)43-24-16-30-56-57(43)51-33-31-39-17-4-5-20-44(39)59(51)63-56/h4-11,14-34,37-38H,3,12-13,35-36H2,1-2H3. The van der Waals surface area contributed by atoms with E-state index in [0.717, 1.165) is 38.6 Å². The molecule has 10 aromatic rings. The van der Waals surface area contributed by atoms with Crippen molar-refractivity contribution in [3.05, 3.63) is 210 Å². The number of nitrogens with zero attached hydrogens (tertiary/aromatic N) is 1. The van der Waals surface area contributed by atoms with Crippen molar-refractivity contribution in [1.29, 1.82) is 0 Å². The molecule has 0 amide bonds. The van der Waals surface area contributed by atoms with Crippen LogP contribution in [-0.4, -0.2) is 0 Å². The molecule has 1 fully saturated rings. The van der Waals surface area contributed by atoms with Crippen LogP contribution in [0.4, 0.5) is 17.1 Å². The maximum Gasteiger partial charge on any atom is 0.143 e. The van der Waals surface area contributed by atoms with Crippen molar-refractivity contribution in [3.8, 4) is 44.5 Å². The van der Waals surface area contributed by atoms with Crippen molar-refractivity contribution in [2.75, 3.05) is 4.90 Å². The third kappa shape index (κ3) is 5.25. The van der Waals surface area contributed by atoms with Gasteiger partial charge in [-0.15, -0.1) is 0 Å². The van der Waals surface area contributed by atoms with Crippen molar-refractivity contribution in [3.63, 3.8) is 0 Å². The summed E-state index contributed by atoms with van der Waals surface area (Å²) >= 11 is 0. The topological polar surface area (TPSA) is 16.4 Å². The number of hydrogen-bond acceptors (Lipinski definition) is 2. The zero-order chi connectivity index (χ0) is 41.9. The molecule has 1 spiro atoms. The third-order valence-corrected chi connectivity index (χ3v) is 15.0. The van der Waals surface area contributed by atoms with Gasteiger partial charge < -0.3 is 9.32 Å². The molecule has 2 nitrogen and oxygen atoms in total. The van der Waals surface area contributed by atoms with Crippen LogP contribution >= 0.6 is 0 Å². The highest BCUT2D eigenvalue weighted by Crippen LogP contribution is 2.58. The number of para-hydroxylation sites is 1. The summed E-state index contributed by atoms with van der Waals surface area (Å²) < 4.78 is 6.70. The summed E-state index contributed by atoms with van der Waals surface area (Å²) in [5.41, 5.74) is 21.3. The lowest BCUT2D eigenvalue weighted by atomic mass is 9.68. The number of benzene rings is 9. The Kier molecular flexibility index (Phi) is 7.92.